The fourth-order valence-electron chi connectivity index (χ4n) is 2.06. The van der Waals surface area contributed by atoms with Crippen LogP contribution in [-0.2, 0) is 0 Å². The first kappa shape index (κ1) is 16.4. The molecule has 122 valence electrons. The van der Waals surface area contributed by atoms with Crippen LogP contribution in [0.15, 0.2) is 57.8 Å². The van der Waals surface area contributed by atoms with Gasteiger partial charge in [-0.1, -0.05) is 39.7 Å². The third-order valence-corrected chi connectivity index (χ3v) is 4.19. The molecule has 9 heteroatoms. The molecule has 0 N–H and O–H groups in total. The smallest absolute Gasteiger partial charge is 0.295 e. The molecule has 0 saturated carbocycles. The van der Waals surface area contributed by atoms with Crippen molar-refractivity contribution in [1.82, 2.24) is 19.8 Å². The van der Waals surface area contributed by atoms with Gasteiger partial charge in [-0.25, -0.2) is 9.59 Å². The molecule has 7 nitrogen and oxygen atoms in total. The predicted molar refractivity (Wildman–Crippen MR) is 94.0 cm³/mol. The SMILES string of the molecule is CN(C(=O)n1nnn(-c2ccccc2Cl)c1=O)c1ccc(Br)cc1. The first-order valence-electron chi connectivity index (χ1n) is 6.82. The molecule has 0 fully saturated rings. The fraction of sp³-hybridized carbons (Fsp3) is 0.0667. The molecule has 3 rings (SSSR count). The molecule has 2 aromatic carbocycles. The highest BCUT2D eigenvalue weighted by Gasteiger charge is 2.20. The summed E-state index contributed by atoms with van der Waals surface area (Å²) >= 11 is 9.38. The summed E-state index contributed by atoms with van der Waals surface area (Å²) in [6, 6.07) is 13.1. The lowest BCUT2D eigenvalue weighted by Crippen LogP contribution is -2.38. The van der Waals surface area contributed by atoms with Crippen LogP contribution in [0.2, 0.25) is 5.02 Å². The molecule has 0 spiro atoms. The van der Waals surface area contributed by atoms with E-state index < -0.39 is 11.7 Å². The van der Waals surface area contributed by atoms with Crippen molar-refractivity contribution >= 4 is 39.2 Å². The van der Waals surface area contributed by atoms with Crippen LogP contribution in [0.1, 0.15) is 0 Å². The van der Waals surface area contributed by atoms with E-state index in [1.54, 1.807) is 55.6 Å². The van der Waals surface area contributed by atoms with E-state index in [-0.39, 0.29) is 0 Å². The zero-order valence-electron chi connectivity index (χ0n) is 12.4. The van der Waals surface area contributed by atoms with Gasteiger partial charge in [0.05, 0.1) is 10.7 Å². The second kappa shape index (κ2) is 6.58. The molecule has 0 aliphatic heterocycles. The Morgan fingerprint density at radius 2 is 1.79 bits per heavy atom. The summed E-state index contributed by atoms with van der Waals surface area (Å²) in [4.78, 5) is 26.3. The van der Waals surface area contributed by atoms with Crippen LogP contribution in [0.4, 0.5) is 10.5 Å². The Morgan fingerprint density at radius 1 is 1.12 bits per heavy atom. The molecule has 0 atom stereocenters. The van der Waals surface area contributed by atoms with Crippen molar-refractivity contribution in [3.8, 4) is 5.69 Å². The van der Waals surface area contributed by atoms with E-state index in [0.717, 1.165) is 9.15 Å². The van der Waals surface area contributed by atoms with Gasteiger partial charge in [-0.15, -0.1) is 4.68 Å². The number of nitrogens with zero attached hydrogens (tertiary/aromatic N) is 5. The lowest BCUT2D eigenvalue weighted by molar-refractivity contribution is 0.245. The van der Waals surface area contributed by atoms with Gasteiger partial charge in [-0.2, -0.15) is 4.68 Å². The van der Waals surface area contributed by atoms with Crippen molar-refractivity contribution in [1.29, 1.82) is 0 Å². The van der Waals surface area contributed by atoms with Gasteiger partial charge in [0, 0.05) is 17.2 Å². The van der Waals surface area contributed by atoms with Crippen molar-refractivity contribution in [3.05, 3.63) is 68.5 Å². The molecule has 3 aromatic rings. The third-order valence-electron chi connectivity index (χ3n) is 3.34. The molecular weight excluding hydrogens is 398 g/mol. The molecule has 0 saturated heterocycles. The molecule has 0 aliphatic carbocycles. The van der Waals surface area contributed by atoms with Crippen LogP contribution in [0.5, 0.6) is 0 Å². The Bertz CT molecular complexity index is 951. The summed E-state index contributed by atoms with van der Waals surface area (Å²) in [5.41, 5.74) is 0.272. The maximum absolute atomic E-state index is 12.5. The molecule has 1 amide bonds. The number of halogens is 2. The standard InChI is InChI=1S/C15H11BrClN5O2/c1-20(11-8-6-10(16)7-9-11)14(23)22-15(24)21(18-19-22)13-5-3-2-4-12(13)17/h2-9H,1H3. The van der Waals surface area contributed by atoms with E-state index in [2.05, 4.69) is 26.4 Å². The molecule has 1 aromatic heterocycles. The number of benzene rings is 2. The minimum Gasteiger partial charge on any atom is -0.295 e. The Balaban J connectivity index is 1.96. The van der Waals surface area contributed by atoms with Gasteiger partial charge in [0.2, 0.25) is 0 Å². The first-order chi connectivity index (χ1) is 11.5. The van der Waals surface area contributed by atoms with Crippen LogP contribution in [0.3, 0.4) is 0 Å². The van der Waals surface area contributed by atoms with Crippen LogP contribution >= 0.6 is 27.5 Å². The maximum Gasteiger partial charge on any atom is 0.377 e. The quantitative estimate of drug-likeness (QED) is 0.611. The predicted octanol–water partition coefficient (Wildman–Crippen LogP) is 2.95. The summed E-state index contributed by atoms with van der Waals surface area (Å²) in [6.45, 7) is 0. The number of para-hydroxylation sites is 1. The Hall–Kier alpha value is -2.45. The van der Waals surface area contributed by atoms with E-state index in [0.29, 0.717) is 21.1 Å². The van der Waals surface area contributed by atoms with Gasteiger partial charge in [-0.05, 0) is 46.8 Å². The van der Waals surface area contributed by atoms with E-state index in [1.807, 2.05) is 0 Å². The second-order valence-electron chi connectivity index (χ2n) is 4.85. The average Bonchev–Trinajstić information content (AvgIpc) is 2.96. The minimum absolute atomic E-state index is 0.334. The average molecular weight is 409 g/mol. The first-order valence-corrected chi connectivity index (χ1v) is 7.99. The number of amides is 1. The van der Waals surface area contributed by atoms with Gasteiger partial charge in [0.25, 0.3) is 0 Å². The molecular formula is C15H11BrClN5O2. The van der Waals surface area contributed by atoms with Crippen LogP contribution in [0, 0.1) is 0 Å². The van der Waals surface area contributed by atoms with E-state index in [1.165, 1.54) is 4.90 Å². The molecule has 1 heterocycles. The lowest BCUT2D eigenvalue weighted by Gasteiger charge is -2.15. The number of tetrazole rings is 1. The highest BCUT2D eigenvalue weighted by Crippen LogP contribution is 2.18. The highest BCUT2D eigenvalue weighted by atomic mass is 79.9. The zero-order valence-corrected chi connectivity index (χ0v) is 14.8. The molecule has 0 bridgehead atoms. The van der Waals surface area contributed by atoms with Crippen molar-refractivity contribution in [2.45, 2.75) is 0 Å². The van der Waals surface area contributed by atoms with Crippen LogP contribution in [-0.4, -0.2) is 32.9 Å². The molecule has 0 unspecified atom stereocenters. The number of hydrogen-bond donors (Lipinski definition) is 0. The lowest BCUT2D eigenvalue weighted by atomic mass is 10.3. The number of anilines is 1. The number of rotatable bonds is 2. The maximum atomic E-state index is 12.5. The molecule has 0 radical (unpaired) electrons. The van der Waals surface area contributed by atoms with Crippen molar-refractivity contribution in [2.24, 2.45) is 0 Å². The van der Waals surface area contributed by atoms with E-state index in [9.17, 15) is 9.59 Å². The fourth-order valence-corrected chi connectivity index (χ4v) is 2.54. The normalized spacial score (nSPS) is 10.6. The van der Waals surface area contributed by atoms with Crippen molar-refractivity contribution < 1.29 is 4.79 Å². The molecule has 0 aliphatic rings. The minimum atomic E-state index is -0.697. The van der Waals surface area contributed by atoms with Crippen LogP contribution < -0.4 is 10.6 Å². The van der Waals surface area contributed by atoms with E-state index >= 15 is 0 Å². The summed E-state index contributed by atoms with van der Waals surface area (Å²) < 4.78 is 2.55. The van der Waals surface area contributed by atoms with Gasteiger partial charge in [0.15, 0.2) is 0 Å². The van der Waals surface area contributed by atoms with Gasteiger partial charge < -0.3 is 0 Å². The molecule has 24 heavy (non-hydrogen) atoms. The zero-order chi connectivity index (χ0) is 17.3. The summed E-state index contributed by atoms with van der Waals surface area (Å²) in [5.74, 6) is 0. The Kier molecular flexibility index (Phi) is 4.50. The highest BCUT2D eigenvalue weighted by molar-refractivity contribution is 9.10. The number of carbonyl (C=O) groups excluding carboxylic acids is 1. The Labute approximate surface area is 150 Å². The summed E-state index contributed by atoms with van der Waals surface area (Å²) in [5, 5.41) is 7.72. The third kappa shape index (κ3) is 2.98. The number of carbonyl (C=O) groups is 1. The van der Waals surface area contributed by atoms with Crippen molar-refractivity contribution in [3.63, 3.8) is 0 Å². The Morgan fingerprint density at radius 3 is 2.46 bits per heavy atom. The second-order valence-corrected chi connectivity index (χ2v) is 6.18. The van der Waals surface area contributed by atoms with Crippen LogP contribution in [0.25, 0.3) is 5.69 Å². The summed E-state index contributed by atoms with van der Waals surface area (Å²) in [6.07, 6.45) is 0. The van der Waals surface area contributed by atoms with Gasteiger partial charge in [0.1, 0.15) is 0 Å². The van der Waals surface area contributed by atoms with Crippen molar-refractivity contribution in [2.75, 3.05) is 11.9 Å². The topological polar surface area (TPSA) is 73.0 Å². The van der Waals surface area contributed by atoms with Gasteiger partial charge in [-0.3, -0.25) is 4.90 Å². The monoisotopic (exact) mass is 407 g/mol. The summed E-state index contributed by atoms with van der Waals surface area (Å²) in [7, 11) is 1.55. The van der Waals surface area contributed by atoms with E-state index in [4.69, 9.17) is 11.6 Å². The van der Waals surface area contributed by atoms with Gasteiger partial charge >= 0.3 is 11.7 Å². The number of hydrogen-bond acceptors (Lipinski definition) is 4. The largest absolute Gasteiger partial charge is 0.377 e. The number of aromatic nitrogens is 4.